The fourth-order valence-corrected chi connectivity index (χ4v) is 3.46. The molecule has 1 saturated heterocycles. The standard InChI is InChI=1S/C15H29NO3/c1-10-13(18)14(19)12(17)9-16(10)8-11-4-6-15(2,3)7-5-11/h10-14,17-19H,4-9H2,1-3H3/t10-,12+,13-,14-/m1/s1. The van der Waals surface area contributed by atoms with Crippen molar-refractivity contribution in [2.75, 3.05) is 13.1 Å². The molecule has 0 bridgehead atoms. The van der Waals surface area contributed by atoms with Crippen molar-refractivity contribution in [2.24, 2.45) is 11.3 Å². The highest BCUT2D eigenvalue weighted by Gasteiger charge is 2.40. The van der Waals surface area contributed by atoms with E-state index in [0.29, 0.717) is 17.9 Å². The minimum absolute atomic E-state index is 0.0756. The number of piperidine rings is 1. The molecule has 0 aromatic carbocycles. The van der Waals surface area contributed by atoms with E-state index in [4.69, 9.17) is 0 Å². The molecule has 1 saturated carbocycles. The first-order chi connectivity index (χ1) is 8.80. The highest BCUT2D eigenvalue weighted by molar-refractivity contribution is 4.93. The minimum atomic E-state index is -1.00. The zero-order valence-corrected chi connectivity index (χ0v) is 12.4. The summed E-state index contributed by atoms with van der Waals surface area (Å²) < 4.78 is 0. The molecule has 4 atom stereocenters. The summed E-state index contributed by atoms with van der Waals surface area (Å²) in [5.41, 5.74) is 0.471. The number of aliphatic hydroxyl groups is 3. The summed E-state index contributed by atoms with van der Waals surface area (Å²) in [4.78, 5) is 2.14. The van der Waals surface area contributed by atoms with Gasteiger partial charge in [0.15, 0.2) is 0 Å². The van der Waals surface area contributed by atoms with Gasteiger partial charge in [-0.1, -0.05) is 13.8 Å². The van der Waals surface area contributed by atoms with Crippen LogP contribution in [0, 0.1) is 11.3 Å². The van der Waals surface area contributed by atoms with E-state index < -0.39 is 18.3 Å². The third-order valence-electron chi connectivity index (χ3n) is 5.19. The lowest BCUT2D eigenvalue weighted by Gasteiger charge is -2.45. The SMILES string of the molecule is C[C@@H]1[C@@H](O)[C@H](O)[C@@H](O)CN1CC1CCC(C)(C)CC1. The maximum Gasteiger partial charge on any atom is 0.108 e. The Bertz CT molecular complexity index is 298. The average Bonchev–Trinajstić information content (AvgIpc) is 2.36. The molecule has 0 aromatic heterocycles. The van der Waals surface area contributed by atoms with Crippen LogP contribution in [0.5, 0.6) is 0 Å². The number of rotatable bonds is 2. The summed E-state index contributed by atoms with van der Waals surface area (Å²) in [6, 6.07) is -0.0756. The fourth-order valence-electron chi connectivity index (χ4n) is 3.46. The Balaban J connectivity index is 1.89. The predicted octanol–water partition coefficient (Wildman–Crippen LogP) is 0.990. The Morgan fingerprint density at radius 2 is 1.63 bits per heavy atom. The summed E-state index contributed by atoms with van der Waals surface area (Å²) in [6.07, 6.45) is 2.29. The van der Waals surface area contributed by atoms with Crippen molar-refractivity contribution in [3.05, 3.63) is 0 Å². The van der Waals surface area contributed by atoms with Crippen LogP contribution in [0.1, 0.15) is 46.5 Å². The zero-order valence-electron chi connectivity index (χ0n) is 12.4. The van der Waals surface area contributed by atoms with E-state index in [9.17, 15) is 15.3 Å². The van der Waals surface area contributed by atoms with E-state index in [1.807, 2.05) is 6.92 Å². The molecule has 0 aromatic rings. The number of β-amino-alcohol motifs (C(OH)–C–C–N with tert-alkyl or cyclic N) is 1. The summed E-state index contributed by atoms with van der Waals surface area (Å²) in [5.74, 6) is 0.658. The van der Waals surface area contributed by atoms with E-state index in [0.717, 1.165) is 6.54 Å². The number of likely N-dealkylation sites (tertiary alicyclic amines) is 1. The lowest BCUT2D eigenvalue weighted by Crippen LogP contribution is -2.61. The van der Waals surface area contributed by atoms with Crippen LogP contribution in [0.4, 0.5) is 0 Å². The van der Waals surface area contributed by atoms with Gasteiger partial charge in [0.2, 0.25) is 0 Å². The van der Waals surface area contributed by atoms with E-state index >= 15 is 0 Å². The van der Waals surface area contributed by atoms with Crippen LogP contribution in [-0.4, -0.2) is 57.7 Å². The number of hydrogen-bond donors (Lipinski definition) is 3. The van der Waals surface area contributed by atoms with Gasteiger partial charge in [-0.25, -0.2) is 0 Å². The Labute approximate surface area is 116 Å². The van der Waals surface area contributed by atoms with E-state index in [-0.39, 0.29) is 6.04 Å². The molecule has 0 radical (unpaired) electrons. The first kappa shape index (κ1) is 15.2. The van der Waals surface area contributed by atoms with Crippen LogP contribution in [-0.2, 0) is 0 Å². The lowest BCUT2D eigenvalue weighted by atomic mass is 9.73. The molecule has 19 heavy (non-hydrogen) atoms. The molecular formula is C15H29NO3. The average molecular weight is 271 g/mol. The quantitative estimate of drug-likeness (QED) is 0.701. The van der Waals surface area contributed by atoms with Gasteiger partial charge in [0.1, 0.15) is 6.10 Å². The minimum Gasteiger partial charge on any atom is -0.389 e. The third-order valence-corrected chi connectivity index (χ3v) is 5.19. The maximum absolute atomic E-state index is 9.95. The Hall–Kier alpha value is -0.160. The molecule has 4 nitrogen and oxygen atoms in total. The maximum atomic E-state index is 9.95. The molecule has 112 valence electrons. The van der Waals surface area contributed by atoms with Crippen LogP contribution >= 0.6 is 0 Å². The molecule has 0 unspecified atom stereocenters. The van der Waals surface area contributed by atoms with E-state index in [1.54, 1.807) is 0 Å². The predicted molar refractivity (Wildman–Crippen MR) is 74.8 cm³/mol. The van der Waals surface area contributed by atoms with Crippen molar-refractivity contribution in [1.82, 2.24) is 4.90 Å². The van der Waals surface area contributed by atoms with Crippen molar-refractivity contribution in [1.29, 1.82) is 0 Å². The van der Waals surface area contributed by atoms with Gasteiger partial charge in [-0.2, -0.15) is 0 Å². The van der Waals surface area contributed by atoms with Crippen molar-refractivity contribution in [3.63, 3.8) is 0 Å². The van der Waals surface area contributed by atoms with Crippen molar-refractivity contribution < 1.29 is 15.3 Å². The smallest absolute Gasteiger partial charge is 0.108 e. The molecule has 2 rings (SSSR count). The summed E-state index contributed by atoms with van der Waals surface area (Å²) in [6.45, 7) is 8.00. The Kier molecular flexibility index (Phi) is 4.56. The van der Waals surface area contributed by atoms with Crippen LogP contribution in [0.25, 0.3) is 0 Å². The van der Waals surface area contributed by atoms with Gasteiger partial charge in [0.05, 0.1) is 12.2 Å². The normalized spacial score (nSPS) is 41.4. The first-order valence-corrected chi connectivity index (χ1v) is 7.58. The molecule has 4 heteroatoms. The molecule has 0 spiro atoms. The fraction of sp³-hybridized carbons (Fsp3) is 1.00. The molecular weight excluding hydrogens is 242 g/mol. The molecule has 3 N–H and O–H groups in total. The van der Waals surface area contributed by atoms with Crippen molar-refractivity contribution >= 4 is 0 Å². The molecule has 2 fully saturated rings. The first-order valence-electron chi connectivity index (χ1n) is 7.58. The summed E-state index contributed by atoms with van der Waals surface area (Å²) >= 11 is 0. The second-order valence-electron chi connectivity index (χ2n) is 7.35. The molecule has 0 amide bonds. The topological polar surface area (TPSA) is 63.9 Å². The third kappa shape index (κ3) is 3.48. The van der Waals surface area contributed by atoms with Crippen molar-refractivity contribution in [2.45, 2.75) is 70.8 Å². The van der Waals surface area contributed by atoms with E-state index in [1.165, 1.54) is 25.7 Å². The zero-order chi connectivity index (χ0) is 14.2. The monoisotopic (exact) mass is 271 g/mol. The van der Waals surface area contributed by atoms with E-state index in [2.05, 4.69) is 18.7 Å². The van der Waals surface area contributed by atoms with Gasteiger partial charge in [-0.05, 0) is 43.9 Å². The molecule has 1 aliphatic carbocycles. The number of nitrogens with zero attached hydrogens (tertiary/aromatic N) is 1. The van der Waals surface area contributed by atoms with Crippen LogP contribution < -0.4 is 0 Å². The molecule has 1 heterocycles. The van der Waals surface area contributed by atoms with Gasteiger partial charge < -0.3 is 15.3 Å². The highest BCUT2D eigenvalue weighted by atomic mass is 16.4. The Morgan fingerprint density at radius 3 is 2.21 bits per heavy atom. The van der Waals surface area contributed by atoms with Crippen LogP contribution in [0.2, 0.25) is 0 Å². The van der Waals surface area contributed by atoms with Gasteiger partial charge in [0, 0.05) is 19.1 Å². The van der Waals surface area contributed by atoms with Gasteiger partial charge in [0.25, 0.3) is 0 Å². The molecule has 2 aliphatic rings. The summed E-state index contributed by atoms with van der Waals surface area (Å²) in [7, 11) is 0. The van der Waals surface area contributed by atoms with Gasteiger partial charge >= 0.3 is 0 Å². The lowest BCUT2D eigenvalue weighted by molar-refractivity contribution is -0.136. The van der Waals surface area contributed by atoms with Crippen LogP contribution in [0.15, 0.2) is 0 Å². The number of aliphatic hydroxyl groups excluding tert-OH is 3. The largest absolute Gasteiger partial charge is 0.389 e. The highest BCUT2D eigenvalue weighted by Crippen LogP contribution is 2.38. The van der Waals surface area contributed by atoms with Crippen LogP contribution in [0.3, 0.4) is 0 Å². The second-order valence-corrected chi connectivity index (χ2v) is 7.35. The second kappa shape index (κ2) is 5.68. The summed E-state index contributed by atoms with van der Waals surface area (Å²) in [5, 5.41) is 29.4. The van der Waals surface area contributed by atoms with Gasteiger partial charge in [-0.15, -0.1) is 0 Å². The Morgan fingerprint density at radius 1 is 1.05 bits per heavy atom. The molecule has 1 aliphatic heterocycles. The van der Waals surface area contributed by atoms with Gasteiger partial charge in [-0.3, -0.25) is 4.90 Å². The van der Waals surface area contributed by atoms with Crippen molar-refractivity contribution in [3.8, 4) is 0 Å². The number of hydrogen-bond acceptors (Lipinski definition) is 4.